The SMILES string of the molecule is CCC(F)Oc1ccc2c(c1)C1(NC(=O)NC1=O)C1(CCC(OC)CC1)C2. The number of fused-ring (bicyclic) bond motifs is 3. The molecule has 3 amide bonds. The number of benzene rings is 1. The largest absolute Gasteiger partial charge is 0.460 e. The highest BCUT2D eigenvalue weighted by molar-refractivity contribution is 6.08. The van der Waals surface area contributed by atoms with Crippen molar-refractivity contribution >= 4 is 11.9 Å². The zero-order chi connectivity index (χ0) is 19.2. The molecule has 1 heterocycles. The van der Waals surface area contributed by atoms with Gasteiger partial charge in [0.1, 0.15) is 5.75 Å². The van der Waals surface area contributed by atoms with Crippen LogP contribution >= 0.6 is 0 Å². The average molecular weight is 376 g/mol. The second-order valence-electron chi connectivity index (χ2n) is 7.81. The van der Waals surface area contributed by atoms with E-state index in [0.717, 1.165) is 36.8 Å². The number of imide groups is 1. The lowest BCUT2D eigenvalue weighted by atomic mass is 9.61. The molecule has 4 rings (SSSR count). The van der Waals surface area contributed by atoms with Crippen molar-refractivity contribution in [3.63, 3.8) is 0 Å². The fraction of sp³-hybridized carbons (Fsp3) is 0.600. The number of amides is 3. The number of halogens is 1. The van der Waals surface area contributed by atoms with Crippen LogP contribution in [-0.2, 0) is 21.5 Å². The molecule has 0 aromatic heterocycles. The number of alkyl halides is 1. The predicted octanol–water partition coefficient (Wildman–Crippen LogP) is 2.94. The number of hydrogen-bond acceptors (Lipinski definition) is 4. The van der Waals surface area contributed by atoms with Crippen LogP contribution < -0.4 is 15.4 Å². The number of rotatable bonds is 4. The normalized spacial score (nSPS) is 33.1. The highest BCUT2D eigenvalue weighted by atomic mass is 19.1. The molecule has 2 atom stereocenters. The molecule has 2 aliphatic carbocycles. The van der Waals surface area contributed by atoms with E-state index in [1.165, 1.54) is 0 Å². The van der Waals surface area contributed by atoms with Crippen LogP contribution in [0.15, 0.2) is 18.2 Å². The van der Waals surface area contributed by atoms with Gasteiger partial charge in [0.2, 0.25) is 6.36 Å². The van der Waals surface area contributed by atoms with Crippen LogP contribution in [0.25, 0.3) is 0 Å². The van der Waals surface area contributed by atoms with Crippen molar-refractivity contribution in [3.8, 4) is 5.75 Å². The summed E-state index contributed by atoms with van der Waals surface area (Å²) in [6.07, 6.45) is 2.91. The van der Waals surface area contributed by atoms with Gasteiger partial charge < -0.3 is 14.8 Å². The van der Waals surface area contributed by atoms with Gasteiger partial charge in [-0.15, -0.1) is 0 Å². The van der Waals surface area contributed by atoms with E-state index in [1.54, 1.807) is 26.2 Å². The van der Waals surface area contributed by atoms with Gasteiger partial charge in [0, 0.05) is 18.9 Å². The average Bonchev–Trinajstić information content (AvgIpc) is 3.11. The second kappa shape index (κ2) is 6.48. The number of ether oxygens (including phenoxy) is 2. The molecule has 146 valence electrons. The summed E-state index contributed by atoms with van der Waals surface area (Å²) in [6, 6.07) is 4.87. The number of urea groups is 1. The Morgan fingerprint density at radius 3 is 2.63 bits per heavy atom. The van der Waals surface area contributed by atoms with Gasteiger partial charge in [-0.2, -0.15) is 0 Å². The number of methoxy groups -OCH3 is 1. The summed E-state index contributed by atoms with van der Waals surface area (Å²) in [5, 5.41) is 5.36. The van der Waals surface area contributed by atoms with Gasteiger partial charge in [0.05, 0.1) is 6.10 Å². The van der Waals surface area contributed by atoms with Gasteiger partial charge in [0.25, 0.3) is 5.91 Å². The van der Waals surface area contributed by atoms with E-state index in [2.05, 4.69) is 10.6 Å². The third kappa shape index (κ3) is 2.63. The number of hydrogen-bond donors (Lipinski definition) is 2. The van der Waals surface area contributed by atoms with Crippen LogP contribution in [0, 0.1) is 5.41 Å². The first-order valence-corrected chi connectivity index (χ1v) is 9.54. The van der Waals surface area contributed by atoms with Crippen molar-refractivity contribution < 1.29 is 23.5 Å². The summed E-state index contributed by atoms with van der Waals surface area (Å²) in [6.45, 7) is 1.70. The van der Waals surface area contributed by atoms with E-state index >= 15 is 0 Å². The maximum absolute atomic E-state index is 13.7. The van der Waals surface area contributed by atoms with E-state index in [9.17, 15) is 14.0 Å². The second-order valence-corrected chi connectivity index (χ2v) is 7.81. The van der Waals surface area contributed by atoms with Gasteiger partial charge in [-0.3, -0.25) is 10.1 Å². The van der Waals surface area contributed by atoms with Crippen LogP contribution in [-0.4, -0.2) is 31.5 Å². The zero-order valence-electron chi connectivity index (χ0n) is 15.6. The van der Waals surface area contributed by atoms with Crippen molar-refractivity contribution in [2.75, 3.05) is 7.11 Å². The lowest BCUT2D eigenvalue weighted by Gasteiger charge is -2.46. The molecule has 2 unspecified atom stereocenters. The van der Waals surface area contributed by atoms with Crippen LogP contribution in [0.1, 0.15) is 50.2 Å². The minimum Gasteiger partial charge on any atom is -0.460 e. The van der Waals surface area contributed by atoms with Crippen molar-refractivity contribution in [2.24, 2.45) is 5.41 Å². The first-order valence-electron chi connectivity index (χ1n) is 9.54. The Hall–Kier alpha value is -2.15. The molecule has 2 fully saturated rings. The number of carbonyl (C=O) groups is 2. The third-order valence-electron chi connectivity index (χ3n) is 6.49. The molecular weight excluding hydrogens is 351 g/mol. The van der Waals surface area contributed by atoms with Crippen molar-refractivity contribution in [3.05, 3.63) is 29.3 Å². The third-order valence-corrected chi connectivity index (χ3v) is 6.49. The lowest BCUT2D eigenvalue weighted by molar-refractivity contribution is -0.131. The van der Waals surface area contributed by atoms with Crippen LogP contribution in [0.4, 0.5) is 9.18 Å². The highest BCUT2D eigenvalue weighted by Crippen LogP contribution is 2.59. The molecule has 3 aliphatic rings. The fourth-order valence-corrected chi connectivity index (χ4v) is 5.10. The van der Waals surface area contributed by atoms with E-state index in [1.807, 2.05) is 6.07 Å². The molecule has 1 saturated heterocycles. The Labute approximate surface area is 157 Å². The Morgan fingerprint density at radius 2 is 2.04 bits per heavy atom. The molecule has 2 spiro atoms. The van der Waals surface area contributed by atoms with E-state index in [0.29, 0.717) is 12.2 Å². The van der Waals surface area contributed by atoms with Gasteiger partial charge in [0.15, 0.2) is 5.54 Å². The van der Waals surface area contributed by atoms with E-state index in [4.69, 9.17) is 9.47 Å². The number of nitrogens with one attached hydrogen (secondary N) is 2. The summed E-state index contributed by atoms with van der Waals surface area (Å²) < 4.78 is 24.6. The Kier molecular flexibility index (Phi) is 4.37. The van der Waals surface area contributed by atoms with Crippen LogP contribution in [0.3, 0.4) is 0 Å². The maximum Gasteiger partial charge on any atom is 0.322 e. The van der Waals surface area contributed by atoms with Crippen molar-refractivity contribution in [1.82, 2.24) is 10.6 Å². The summed E-state index contributed by atoms with van der Waals surface area (Å²) in [5.74, 6) is 0.0469. The first-order chi connectivity index (χ1) is 12.9. The van der Waals surface area contributed by atoms with Gasteiger partial charge in [-0.25, -0.2) is 9.18 Å². The van der Waals surface area contributed by atoms with Crippen molar-refractivity contribution in [1.29, 1.82) is 0 Å². The Balaban J connectivity index is 1.77. The molecule has 1 aromatic rings. The Morgan fingerprint density at radius 1 is 1.30 bits per heavy atom. The summed E-state index contributed by atoms with van der Waals surface area (Å²) in [7, 11) is 1.70. The molecule has 27 heavy (non-hydrogen) atoms. The minimum atomic E-state index is -1.40. The Bertz CT molecular complexity index is 775. The predicted molar refractivity (Wildman–Crippen MR) is 96.0 cm³/mol. The van der Waals surface area contributed by atoms with Crippen LogP contribution in [0.2, 0.25) is 0 Å². The molecule has 1 aliphatic heterocycles. The monoisotopic (exact) mass is 376 g/mol. The number of carbonyl (C=O) groups excluding carboxylic acids is 2. The maximum atomic E-state index is 13.7. The quantitative estimate of drug-likeness (QED) is 0.792. The van der Waals surface area contributed by atoms with Gasteiger partial charge in [-0.1, -0.05) is 13.0 Å². The molecule has 1 aromatic carbocycles. The van der Waals surface area contributed by atoms with Crippen LogP contribution in [0.5, 0.6) is 5.75 Å². The molecule has 1 saturated carbocycles. The fourth-order valence-electron chi connectivity index (χ4n) is 5.10. The van der Waals surface area contributed by atoms with Gasteiger partial charge >= 0.3 is 6.03 Å². The molecule has 6 nitrogen and oxygen atoms in total. The molecule has 7 heteroatoms. The first kappa shape index (κ1) is 18.2. The summed E-state index contributed by atoms with van der Waals surface area (Å²) in [4.78, 5) is 25.2. The highest BCUT2D eigenvalue weighted by Gasteiger charge is 2.66. The van der Waals surface area contributed by atoms with E-state index in [-0.39, 0.29) is 18.4 Å². The van der Waals surface area contributed by atoms with E-state index < -0.39 is 23.3 Å². The summed E-state index contributed by atoms with van der Waals surface area (Å²) >= 11 is 0. The molecular formula is C20H25FN2O4. The zero-order valence-corrected chi connectivity index (χ0v) is 15.6. The van der Waals surface area contributed by atoms with Gasteiger partial charge in [-0.05, 0) is 55.4 Å². The molecule has 2 N–H and O–H groups in total. The standard InChI is InChI=1S/C20H25FN2O4/c1-3-16(21)27-14-5-4-12-11-19(8-6-13(26-2)7-9-19)20(15(12)10-14)17(24)22-18(25)23-20/h4-5,10,13,16H,3,6-9,11H2,1-2H3,(H2,22,23,24,25). The van der Waals surface area contributed by atoms with Crippen molar-refractivity contribution in [2.45, 2.75) is 63.4 Å². The minimum absolute atomic E-state index is 0.173. The molecule has 0 radical (unpaired) electrons. The lowest BCUT2D eigenvalue weighted by Crippen LogP contribution is -2.56. The smallest absolute Gasteiger partial charge is 0.322 e. The topological polar surface area (TPSA) is 76.7 Å². The summed E-state index contributed by atoms with van der Waals surface area (Å²) in [5.41, 5.74) is 0.194. The molecule has 0 bridgehead atoms.